The summed E-state index contributed by atoms with van der Waals surface area (Å²) in [6.45, 7) is 7.44. The summed E-state index contributed by atoms with van der Waals surface area (Å²) >= 11 is 0. The lowest BCUT2D eigenvalue weighted by molar-refractivity contribution is -0.154. The Balaban J connectivity index is 1.28. The fourth-order valence-corrected chi connectivity index (χ4v) is 3.82. The van der Waals surface area contributed by atoms with E-state index in [4.69, 9.17) is 18.9 Å². The third-order valence-electron chi connectivity index (χ3n) is 6.83. The number of ether oxygens (including phenoxy) is 4. The second kappa shape index (κ2) is 16.9. The molecule has 3 rings (SSSR count). The van der Waals surface area contributed by atoms with Gasteiger partial charge in [-0.05, 0) is 93.0 Å². The van der Waals surface area contributed by atoms with Crippen LogP contribution in [0.1, 0.15) is 58.4 Å². The molecule has 0 saturated heterocycles. The van der Waals surface area contributed by atoms with Crippen LogP contribution in [0.15, 0.2) is 84.9 Å². The molecule has 0 unspecified atom stereocenters. The zero-order valence-electron chi connectivity index (χ0n) is 24.5. The van der Waals surface area contributed by atoms with Crippen LogP contribution in [0, 0.1) is 5.41 Å². The van der Waals surface area contributed by atoms with Gasteiger partial charge in [-0.3, -0.25) is 4.79 Å². The molecule has 0 bridgehead atoms. The van der Waals surface area contributed by atoms with Crippen LogP contribution < -0.4 is 9.47 Å². The molecule has 0 aliphatic carbocycles. The fraction of sp³-hybridized carbons (Fsp3) is 0.371. The van der Waals surface area contributed by atoms with Gasteiger partial charge in [-0.15, -0.1) is 0 Å². The molecule has 6 nitrogen and oxygen atoms in total. The van der Waals surface area contributed by atoms with Crippen LogP contribution >= 0.6 is 0 Å². The quantitative estimate of drug-likeness (QED) is 0.0952. The maximum absolute atomic E-state index is 12.0. The Kier molecular flexibility index (Phi) is 13.0. The van der Waals surface area contributed by atoms with Gasteiger partial charge < -0.3 is 18.9 Å². The van der Waals surface area contributed by atoms with Crippen molar-refractivity contribution in [2.24, 2.45) is 5.41 Å². The van der Waals surface area contributed by atoms with Crippen molar-refractivity contribution < 1.29 is 28.5 Å². The third kappa shape index (κ3) is 11.5. The molecule has 0 spiro atoms. The number of carbonyl (C=O) groups excluding carboxylic acids is 2. The third-order valence-corrected chi connectivity index (χ3v) is 6.83. The van der Waals surface area contributed by atoms with E-state index in [1.54, 1.807) is 6.08 Å². The van der Waals surface area contributed by atoms with E-state index in [2.05, 4.69) is 0 Å². The van der Waals surface area contributed by atoms with Crippen molar-refractivity contribution in [3.8, 4) is 22.6 Å². The van der Waals surface area contributed by atoms with Crippen molar-refractivity contribution in [1.82, 2.24) is 0 Å². The predicted octanol–water partition coefficient (Wildman–Crippen LogP) is 7.91. The molecule has 0 aliphatic rings. The molecule has 0 amide bonds. The maximum atomic E-state index is 12.0. The Labute approximate surface area is 244 Å². The van der Waals surface area contributed by atoms with Crippen molar-refractivity contribution in [1.29, 1.82) is 0 Å². The molecule has 0 saturated carbocycles. The Bertz CT molecular complexity index is 1210. The number of esters is 2. The average molecular weight is 559 g/mol. The molecule has 0 aliphatic heterocycles. The van der Waals surface area contributed by atoms with E-state index < -0.39 is 11.4 Å². The normalized spacial score (nSPS) is 11.3. The van der Waals surface area contributed by atoms with Gasteiger partial charge >= 0.3 is 11.9 Å². The van der Waals surface area contributed by atoms with E-state index in [1.165, 1.54) is 6.08 Å². The minimum atomic E-state index is -0.401. The van der Waals surface area contributed by atoms with Crippen LogP contribution in [0.2, 0.25) is 0 Å². The Morgan fingerprint density at radius 2 is 1.22 bits per heavy atom. The number of hydrogen-bond acceptors (Lipinski definition) is 6. The lowest BCUT2D eigenvalue weighted by Gasteiger charge is -2.20. The standard InChI is InChI=1S/C35H42O6/c1-4-35(2,3)34(37)41-25-11-6-5-10-24-38-31-19-15-29(16-20-31)30-17-21-32(22-18-30)39-26-27-40-33(36)23-14-28-12-8-7-9-13-28/h7-9,12-23H,4-6,10-11,24-27H2,1-3H3. The van der Waals surface area contributed by atoms with Gasteiger partial charge in [0, 0.05) is 6.08 Å². The maximum Gasteiger partial charge on any atom is 0.330 e. The van der Waals surface area contributed by atoms with Crippen molar-refractivity contribution in [3.05, 3.63) is 90.5 Å². The average Bonchev–Trinajstić information content (AvgIpc) is 3.00. The first kappa shape index (κ1) is 31.5. The van der Waals surface area contributed by atoms with Crippen LogP contribution in [0.5, 0.6) is 11.5 Å². The highest BCUT2D eigenvalue weighted by atomic mass is 16.6. The molecule has 0 radical (unpaired) electrons. The van der Waals surface area contributed by atoms with Gasteiger partial charge in [0.15, 0.2) is 0 Å². The van der Waals surface area contributed by atoms with Gasteiger partial charge in [-0.2, -0.15) is 0 Å². The minimum absolute atomic E-state index is 0.112. The molecule has 218 valence electrons. The first-order chi connectivity index (χ1) is 19.9. The molecule has 0 atom stereocenters. The van der Waals surface area contributed by atoms with Crippen LogP contribution in [-0.2, 0) is 19.1 Å². The molecule has 3 aromatic rings. The summed E-state index contributed by atoms with van der Waals surface area (Å²) in [6.07, 6.45) is 7.81. The van der Waals surface area contributed by atoms with E-state index in [0.717, 1.165) is 54.5 Å². The van der Waals surface area contributed by atoms with Gasteiger partial charge in [0.25, 0.3) is 0 Å². The highest BCUT2D eigenvalue weighted by molar-refractivity contribution is 5.87. The van der Waals surface area contributed by atoms with E-state index in [-0.39, 0.29) is 19.2 Å². The first-order valence-electron chi connectivity index (χ1n) is 14.4. The van der Waals surface area contributed by atoms with E-state index >= 15 is 0 Å². The summed E-state index contributed by atoms with van der Waals surface area (Å²) in [5.41, 5.74) is 2.70. The second-order valence-corrected chi connectivity index (χ2v) is 10.4. The van der Waals surface area contributed by atoms with Crippen LogP contribution in [-0.4, -0.2) is 38.4 Å². The largest absolute Gasteiger partial charge is 0.494 e. The molecule has 41 heavy (non-hydrogen) atoms. The van der Waals surface area contributed by atoms with Gasteiger partial charge in [0.05, 0.1) is 18.6 Å². The summed E-state index contributed by atoms with van der Waals surface area (Å²) in [6, 6.07) is 25.5. The molecule has 0 aromatic heterocycles. The molecular weight excluding hydrogens is 516 g/mol. The molecular formula is C35H42O6. The minimum Gasteiger partial charge on any atom is -0.494 e. The summed E-state index contributed by atoms with van der Waals surface area (Å²) in [4.78, 5) is 23.8. The molecule has 3 aromatic carbocycles. The number of benzene rings is 3. The zero-order valence-corrected chi connectivity index (χ0v) is 24.5. The molecule has 6 heteroatoms. The lowest BCUT2D eigenvalue weighted by atomic mass is 9.91. The Morgan fingerprint density at radius 1 is 0.659 bits per heavy atom. The monoisotopic (exact) mass is 558 g/mol. The number of hydrogen-bond donors (Lipinski definition) is 0. The Morgan fingerprint density at radius 3 is 1.80 bits per heavy atom. The Hall–Kier alpha value is -4.06. The summed E-state index contributed by atoms with van der Waals surface area (Å²) in [5, 5.41) is 0. The summed E-state index contributed by atoms with van der Waals surface area (Å²) in [7, 11) is 0. The highest BCUT2D eigenvalue weighted by Crippen LogP contribution is 2.25. The number of unbranched alkanes of at least 4 members (excludes halogenated alkanes) is 3. The summed E-state index contributed by atoms with van der Waals surface area (Å²) < 4.78 is 22.2. The van der Waals surface area contributed by atoms with Crippen molar-refractivity contribution in [2.45, 2.75) is 52.9 Å². The SMILES string of the molecule is CCC(C)(C)C(=O)OCCCCCCOc1ccc(-c2ccc(OCCOC(=O)C=Cc3ccccc3)cc2)cc1. The van der Waals surface area contributed by atoms with Gasteiger partial charge in [-0.25, -0.2) is 4.79 Å². The first-order valence-corrected chi connectivity index (χ1v) is 14.4. The van der Waals surface area contributed by atoms with E-state index in [1.807, 2.05) is 99.6 Å². The molecule has 0 fully saturated rings. The zero-order chi connectivity index (χ0) is 29.3. The highest BCUT2D eigenvalue weighted by Gasteiger charge is 2.26. The lowest BCUT2D eigenvalue weighted by Crippen LogP contribution is -2.26. The van der Waals surface area contributed by atoms with Crippen LogP contribution in [0.3, 0.4) is 0 Å². The van der Waals surface area contributed by atoms with Crippen LogP contribution in [0.4, 0.5) is 0 Å². The predicted molar refractivity (Wildman–Crippen MR) is 163 cm³/mol. The van der Waals surface area contributed by atoms with Gasteiger partial charge in [-0.1, -0.05) is 61.5 Å². The number of carbonyl (C=O) groups is 2. The van der Waals surface area contributed by atoms with E-state index in [0.29, 0.717) is 19.0 Å². The van der Waals surface area contributed by atoms with Crippen LogP contribution in [0.25, 0.3) is 17.2 Å². The van der Waals surface area contributed by atoms with E-state index in [9.17, 15) is 9.59 Å². The molecule has 0 N–H and O–H groups in total. The smallest absolute Gasteiger partial charge is 0.330 e. The number of rotatable bonds is 17. The van der Waals surface area contributed by atoms with Crippen molar-refractivity contribution >= 4 is 18.0 Å². The van der Waals surface area contributed by atoms with Crippen molar-refractivity contribution in [2.75, 3.05) is 26.4 Å². The molecule has 0 heterocycles. The van der Waals surface area contributed by atoms with Gasteiger partial charge in [0.1, 0.15) is 24.7 Å². The summed E-state index contributed by atoms with van der Waals surface area (Å²) in [5.74, 6) is 1.05. The van der Waals surface area contributed by atoms with Crippen molar-refractivity contribution in [3.63, 3.8) is 0 Å². The topological polar surface area (TPSA) is 71.1 Å². The second-order valence-electron chi connectivity index (χ2n) is 10.4. The fourth-order valence-electron chi connectivity index (χ4n) is 3.82. The van der Waals surface area contributed by atoms with Gasteiger partial charge in [0.2, 0.25) is 0 Å².